The molecule has 1 atom stereocenters. The van der Waals surface area contributed by atoms with Crippen molar-refractivity contribution >= 4 is 17.4 Å². The molecule has 0 amide bonds. The van der Waals surface area contributed by atoms with E-state index in [4.69, 9.17) is 26.1 Å². The number of hydrogen-bond donors (Lipinski definition) is 3. The third-order valence-corrected chi connectivity index (χ3v) is 7.26. The Kier molecular flexibility index (Phi) is 8.25. The van der Waals surface area contributed by atoms with Gasteiger partial charge in [-0.2, -0.15) is 9.61 Å². The summed E-state index contributed by atoms with van der Waals surface area (Å²) in [7, 11) is 0. The van der Waals surface area contributed by atoms with Crippen LogP contribution in [-0.2, 0) is 27.2 Å². The molecule has 204 valence electrons. The van der Waals surface area contributed by atoms with Crippen LogP contribution < -0.4 is 16.5 Å². The number of anilines is 1. The van der Waals surface area contributed by atoms with E-state index < -0.39 is 5.97 Å². The minimum atomic E-state index is -0.899. The molecule has 5 heterocycles. The van der Waals surface area contributed by atoms with Gasteiger partial charge in [0.15, 0.2) is 5.65 Å². The number of fused-ring (bicyclic) bond motifs is 11. The van der Waals surface area contributed by atoms with E-state index in [2.05, 4.69) is 30.7 Å². The van der Waals surface area contributed by atoms with Gasteiger partial charge in [0.2, 0.25) is 0 Å². The minimum Gasteiger partial charge on any atom is -0.481 e. The number of carboxylic acids is 1. The molecule has 0 saturated carbocycles. The van der Waals surface area contributed by atoms with E-state index in [9.17, 15) is 9.90 Å². The van der Waals surface area contributed by atoms with Gasteiger partial charge in [-0.1, -0.05) is 13.8 Å². The molecule has 3 aliphatic heterocycles. The lowest BCUT2D eigenvalue weighted by Crippen LogP contribution is -2.45. The molecule has 1 saturated heterocycles. The van der Waals surface area contributed by atoms with E-state index in [1.54, 1.807) is 10.7 Å². The molecule has 37 heavy (non-hydrogen) atoms. The molecular weight excluding hydrogens is 474 g/mol. The van der Waals surface area contributed by atoms with Gasteiger partial charge in [0.25, 0.3) is 0 Å². The van der Waals surface area contributed by atoms with Gasteiger partial charge < -0.3 is 30.2 Å². The van der Waals surface area contributed by atoms with Crippen LogP contribution in [0.25, 0.3) is 5.65 Å². The predicted octanol–water partition coefficient (Wildman–Crippen LogP) is 2.35. The number of aliphatic carboxylic acids is 1. The summed E-state index contributed by atoms with van der Waals surface area (Å²) >= 11 is 0. The highest BCUT2D eigenvalue weighted by atomic mass is 16.5. The Labute approximate surface area is 218 Å². The molecule has 1 unspecified atom stereocenters. The van der Waals surface area contributed by atoms with Gasteiger partial charge in [0.1, 0.15) is 11.9 Å². The Morgan fingerprint density at radius 1 is 1.27 bits per heavy atom. The topological polar surface area (TPSA) is 144 Å². The summed E-state index contributed by atoms with van der Waals surface area (Å²) < 4.78 is 14.2. The van der Waals surface area contributed by atoms with Crippen molar-refractivity contribution in [2.24, 2.45) is 17.5 Å². The lowest BCUT2D eigenvalue weighted by Gasteiger charge is -2.41. The Balaban J connectivity index is 1.74. The first-order valence-electron chi connectivity index (χ1n) is 13.2. The number of hydrazine groups is 1. The number of aryl methyl sites for hydroxylation is 1. The third-order valence-electron chi connectivity index (χ3n) is 7.26. The second kappa shape index (κ2) is 11.2. The van der Waals surface area contributed by atoms with Gasteiger partial charge in [-0.05, 0) is 45.4 Å². The van der Waals surface area contributed by atoms with Crippen LogP contribution in [0.4, 0.5) is 5.82 Å². The summed E-state index contributed by atoms with van der Waals surface area (Å²) in [4.78, 5) is 18.7. The highest BCUT2D eigenvalue weighted by molar-refractivity contribution is 5.74. The quantitative estimate of drug-likeness (QED) is 0.521. The average molecular weight is 516 g/mol. The molecule has 11 nitrogen and oxygen atoms in total. The molecule has 2 aromatic heterocycles. The molecule has 5 N–H and O–H groups in total. The number of hydrogen-bond acceptors (Lipinski definition) is 9. The van der Waals surface area contributed by atoms with Crippen LogP contribution in [0.3, 0.4) is 0 Å². The number of ether oxygens (including phenoxy) is 2. The summed E-state index contributed by atoms with van der Waals surface area (Å²) in [5.74, 6) is 6.39. The van der Waals surface area contributed by atoms with E-state index in [-0.39, 0.29) is 24.0 Å². The zero-order valence-corrected chi connectivity index (χ0v) is 22.4. The molecular formula is C26H41N7O4. The SMILES string of the molecule is Cc1nc2cc3nn2c(c1CC(=O)O)N1CCC(C)(CC1)OCCCCOC(C(C)C)/C(N)=C/N(N)C3. The Morgan fingerprint density at radius 2 is 1.97 bits per heavy atom. The molecule has 3 aliphatic rings. The molecule has 0 radical (unpaired) electrons. The Bertz CT molecular complexity index is 1140. The van der Waals surface area contributed by atoms with Crippen LogP contribution in [0.15, 0.2) is 18.0 Å². The summed E-state index contributed by atoms with van der Waals surface area (Å²) in [6.07, 6.45) is 4.79. The van der Waals surface area contributed by atoms with Crippen molar-refractivity contribution in [1.29, 1.82) is 0 Å². The first-order chi connectivity index (χ1) is 17.6. The second-order valence-corrected chi connectivity index (χ2v) is 10.8. The number of aromatic nitrogens is 3. The normalized spacial score (nSPS) is 25.7. The summed E-state index contributed by atoms with van der Waals surface area (Å²) in [5, 5.41) is 16.0. The zero-order valence-electron chi connectivity index (χ0n) is 22.4. The van der Waals surface area contributed by atoms with E-state index in [0.29, 0.717) is 48.1 Å². The second-order valence-electron chi connectivity index (χ2n) is 10.8. The maximum absolute atomic E-state index is 11.8. The fourth-order valence-corrected chi connectivity index (χ4v) is 5.18. The molecule has 4 bridgehead atoms. The number of rotatable bonds is 3. The zero-order chi connectivity index (χ0) is 26.7. The smallest absolute Gasteiger partial charge is 0.308 e. The molecule has 0 aromatic carbocycles. The van der Waals surface area contributed by atoms with Crippen molar-refractivity contribution in [3.05, 3.63) is 34.9 Å². The van der Waals surface area contributed by atoms with Crippen molar-refractivity contribution in [1.82, 2.24) is 19.6 Å². The number of nitrogens with two attached hydrogens (primary N) is 2. The monoisotopic (exact) mass is 515 g/mol. The van der Waals surface area contributed by atoms with Crippen LogP contribution in [-0.4, -0.2) is 68.7 Å². The largest absolute Gasteiger partial charge is 0.481 e. The van der Waals surface area contributed by atoms with Gasteiger partial charge in [-0.25, -0.2) is 10.8 Å². The maximum atomic E-state index is 11.8. The van der Waals surface area contributed by atoms with Gasteiger partial charge in [-0.3, -0.25) is 4.79 Å². The summed E-state index contributed by atoms with van der Waals surface area (Å²) in [6, 6.07) is 1.89. The van der Waals surface area contributed by atoms with Crippen LogP contribution in [0.5, 0.6) is 0 Å². The van der Waals surface area contributed by atoms with Crippen LogP contribution in [0.1, 0.15) is 63.4 Å². The standard InChI is InChI=1S/C26H41N7O4/c1-17(2)24-21(27)16-32(28)15-19-13-22-29-18(3)20(14-23(34)35)25(33(22)30-19)31-9-7-26(4,8-10-31)37-12-6-5-11-36-24/h13,16-17,24H,5-12,14-15,27-28H2,1-4H3,(H,34,35)/b21-16-. The maximum Gasteiger partial charge on any atom is 0.308 e. The van der Waals surface area contributed by atoms with Crippen molar-refractivity contribution in [2.45, 2.75) is 78.0 Å². The van der Waals surface area contributed by atoms with Crippen molar-refractivity contribution in [2.75, 3.05) is 31.2 Å². The highest BCUT2D eigenvalue weighted by Crippen LogP contribution is 2.33. The van der Waals surface area contributed by atoms with Crippen molar-refractivity contribution in [3.63, 3.8) is 0 Å². The molecule has 5 rings (SSSR count). The molecule has 2 aromatic rings. The van der Waals surface area contributed by atoms with Gasteiger partial charge in [0, 0.05) is 49.8 Å². The predicted molar refractivity (Wildman–Crippen MR) is 141 cm³/mol. The fraction of sp³-hybridized carbons (Fsp3) is 0.654. The first kappa shape index (κ1) is 27.2. The molecule has 11 heteroatoms. The number of nitrogens with zero attached hydrogens (tertiary/aromatic N) is 5. The van der Waals surface area contributed by atoms with Crippen molar-refractivity contribution in [3.8, 4) is 0 Å². The summed E-state index contributed by atoms with van der Waals surface area (Å²) in [5.41, 5.74) is 9.47. The first-order valence-corrected chi connectivity index (χ1v) is 13.2. The van der Waals surface area contributed by atoms with E-state index in [1.807, 2.05) is 13.0 Å². The van der Waals surface area contributed by atoms with Gasteiger partial charge in [-0.15, -0.1) is 0 Å². The molecule has 0 aliphatic carbocycles. The Hall–Kier alpha value is -2.89. The van der Waals surface area contributed by atoms with Crippen LogP contribution >= 0.6 is 0 Å². The number of carboxylic acid groups (broad SMARTS) is 1. The highest BCUT2D eigenvalue weighted by Gasteiger charge is 2.33. The van der Waals surface area contributed by atoms with E-state index >= 15 is 0 Å². The number of piperidine rings is 1. The fourth-order valence-electron chi connectivity index (χ4n) is 5.18. The van der Waals surface area contributed by atoms with Crippen LogP contribution in [0, 0.1) is 12.8 Å². The lowest BCUT2D eigenvalue weighted by molar-refractivity contribution is -0.136. The van der Waals surface area contributed by atoms with E-state index in [1.165, 1.54) is 5.01 Å². The summed E-state index contributed by atoms with van der Waals surface area (Å²) in [6.45, 7) is 11.2. The van der Waals surface area contributed by atoms with Gasteiger partial charge >= 0.3 is 5.97 Å². The molecule has 0 spiro atoms. The number of carbonyl (C=O) groups is 1. The van der Waals surface area contributed by atoms with Crippen LogP contribution in [0.2, 0.25) is 0 Å². The Morgan fingerprint density at radius 3 is 2.65 bits per heavy atom. The molecule has 1 fully saturated rings. The lowest BCUT2D eigenvalue weighted by atomic mass is 9.93. The van der Waals surface area contributed by atoms with Crippen molar-refractivity contribution < 1.29 is 19.4 Å². The van der Waals surface area contributed by atoms with Gasteiger partial charge in [0.05, 0.1) is 30.0 Å². The average Bonchev–Trinajstić information content (AvgIpc) is 3.19. The van der Waals surface area contributed by atoms with E-state index in [0.717, 1.165) is 44.6 Å². The third kappa shape index (κ3) is 6.34. The minimum absolute atomic E-state index is 0.123.